The first kappa shape index (κ1) is 13.1. The van der Waals surface area contributed by atoms with Crippen LogP contribution in [0.3, 0.4) is 0 Å². The monoisotopic (exact) mass is 251 g/mol. The molecule has 1 aromatic heterocycles. The van der Waals surface area contributed by atoms with E-state index in [0.29, 0.717) is 38.3 Å². The van der Waals surface area contributed by atoms with E-state index >= 15 is 0 Å². The largest absolute Gasteiger partial charge is 0.396 e. The van der Waals surface area contributed by atoms with Crippen molar-refractivity contribution in [3.05, 3.63) is 17.8 Å². The summed E-state index contributed by atoms with van der Waals surface area (Å²) in [5.41, 5.74) is 7.00. The first-order valence-corrected chi connectivity index (χ1v) is 6.24. The van der Waals surface area contributed by atoms with E-state index in [9.17, 15) is 5.11 Å². The summed E-state index contributed by atoms with van der Waals surface area (Å²) in [4.78, 5) is 6.22. The molecule has 0 amide bonds. The average Bonchev–Trinajstić information content (AvgIpc) is 2.33. The van der Waals surface area contributed by atoms with Crippen molar-refractivity contribution < 1.29 is 9.84 Å². The summed E-state index contributed by atoms with van der Waals surface area (Å²) in [7, 11) is 1.91. The molecule has 1 aromatic rings. The Balaban J connectivity index is 2.11. The summed E-state index contributed by atoms with van der Waals surface area (Å²) in [5.74, 6) is 0.731. The molecule has 1 aliphatic heterocycles. The summed E-state index contributed by atoms with van der Waals surface area (Å²) in [6.07, 6.45) is 3.05. The number of nitrogens with two attached hydrogens (primary N) is 1. The highest BCUT2D eigenvalue weighted by molar-refractivity contribution is 5.66. The van der Waals surface area contributed by atoms with Crippen LogP contribution in [0, 0.1) is 6.92 Å². The molecule has 0 unspecified atom stereocenters. The average molecular weight is 251 g/mol. The van der Waals surface area contributed by atoms with Crippen molar-refractivity contribution in [1.29, 1.82) is 0 Å². The zero-order valence-electron chi connectivity index (χ0n) is 11.0. The van der Waals surface area contributed by atoms with Crippen molar-refractivity contribution in [3.8, 4) is 0 Å². The molecule has 0 spiro atoms. The summed E-state index contributed by atoms with van der Waals surface area (Å²) >= 11 is 0. The minimum absolute atomic E-state index is 0.525. The van der Waals surface area contributed by atoms with Crippen molar-refractivity contribution in [2.75, 3.05) is 37.4 Å². The fourth-order valence-corrected chi connectivity index (χ4v) is 2.29. The molecule has 0 aromatic carbocycles. The Morgan fingerprint density at radius 1 is 1.50 bits per heavy atom. The zero-order valence-corrected chi connectivity index (χ0v) is 11.0. The highest BCUT2D eigenvalue weighted by Crippen LogP contribution is 2.27. The lowest BCUT2D eigenvalue weighted by Crippen LogP contribution is -2.46. The molecule has 0 radical (unpaired) electrons. The van der Waals surface area contributed by atoms with E-state index in [0.717, 1.165) is 11.4 Å². The first-order valence-electron chi connectivity index (χ1n) is 6.24. The Morgan fingerprint density at radius 2 is 2.17 bits per heavy atom. The van der Waals surface area contributed by atoms with Crippen LogP contribution in [0.5, 0.6) is 0 Å². The Hall–Kier alpha value is -1.33. The predicted octanol–water partition coefficient (Wildman–Crippen LogP) is 0.950. The summed E-state index contributed by atoms with van der Waals surface area (Å²) in [6.45, 7) is 3.71. The Bertz CT molecular complexity index is 417. The molecule has 5 nitrogen and oxygen atoms in total. The number of ether oxygens (including phenoxy) is 1. The number of likely N-dealkylation sites (N-methyl/N-ethyl adjacent to an activating group) is 1. The van der Waals surface area contributed by atoms with Gasteiger partial charge in [-0.1, -0.05) is 0 Å². The van der Waals surface area contributed by atoms with Crippen LogP contribution >= 0.6 is 0 Å². The summed E-state index contributed by atoms with van der Waals surface area (Å²) < 4.78 is 5.28. The molecule has 0 bridgehead atoms. The van der Waals surface area contributed by atoms with Crippen LogP contribution in [0.2, 0.25) is 0 Å². The van der Waals surface area contributed by atoms with Gasteiger partial charge >= 0.3 is 0 Å². The van der Waals surface area contributed by atoms with Gasteiger partial charge < -0.3 is 20.5 Å². The molecule has 2 rings (SSSR count). The van der Waals surface area contributed by atoms with Crippen molar-refractivity contribution in [3.63, 3.8) is 0 Å². The smallest absolute Gasteiger partial charge is 0.151 e. The highest BCUT2D eigenvalue weighted by Gasteiger charge is 2.31. The van der Waals surface area contributed by atoms with E-state index in [4.69, 9.17) is 10.5 Å². The predicted molar refractivity (Wildman–Crippen MR) is 71.7 cm³/mol. The highest BCUT2D eigenvalue weighted by atomic mass is 16.5. The van der Waals surface area contributed by atoms with Gasteiger partial charge in [0.05, 0.1) is 11.3 Å². The van der Waals surface area contributed by atoms with Crippen LogP contribution in [0.15, 0.2) is 12.3 Å². The first-order chi connectivity index (χ1) is 8.52. The quantitative estimate of drug-likeness (QED) is 0.837. The number of pyridine rings is 1. The van der Waals surface area contributed by atoms with Gasteiger partial charge in [-0.05, 0) is 18.6 Å². The number of hydrogen-bond acceptors (Lipinski definition) is 5. The van der Waals surface area contributed by atoms with Gasteiger partial charge in [0.2, 0.25) is 0 Å². The van der Waals surface area contributed by atoms with Gasteiger partial charge in [-0.15, -0.1) is 0 Å². The molecule has 0 aliphatic carbocycles. The van der Waals surface area contributed by atoms with E-state index in [2.05, 4.69) is 4.98 Å². The topological polar surface area (TPSA) is 71.6 Å². The molecule has 1 saturated heterocycles. The van der Waals surface area contributed by atoms with Crippen molar-refractivity contribution in [2.24, 2.45) is 0 Å². The maximum atomic E-state index is 10.5. The number of rotatable bonds is 3. The van der Waals surface area contributed by atoms with E-state index in [1.807, 2.05) is 24.9 Å². The van der Waals surface area contributed by atoms with Gasteiger partial charge in [0, 0.05) is 45.8 Å². The van der Waals surface area contributed by atoms with Crippen LogP contribution in [0.25, 0.3) is 0 Å². The fourth-order valence-electron chi connectivity index (χ4n) is 2.29. The minimum Gasteiger partial charge on any atom is -0.396 e. The molecule has 1 fully saturated rings. The standard InChI is InChI=1S/C13H21N3O2/c1-10-3-6-15-12(11(10)14)16(2)9-13(17)4-7-18-8-5-13/h3,6,17H,4-5,7-9,14H2,1-2H3. The molecule has 3 N–H and O–H groups in total. The summed E-state index contributed by atoms with van der Waals surface area (Å²) in [6, 6.07) is 1.88. The number of aromatic nitrogens is 1. The maximum absolute atomic E-state index is 10.5. The van der Waals surface area contributed by atoms with Crippen LogP contribution in [-0.4, -0.2) is 42.5 Å². The molecule has 5 heteroatoms. The molecule has 0 atom stereocenters. The Labute approximate surface area is 108 Å². The minimum atomic E-state index is -0.704. The number of nitrogens with zero attached hydrogens (tertiary/aromatic N) is 2. The fraction of sp³-hybridized carbons (Fsp3) is 0.615. The second-order valence-electron chi connectivity index (χ2n) is 5.06. The Morgan fingerprint density at radius 3 is 2.83 bits per heavy atom. The maximum Gasteiger partial charge on any atom is 0.151 e. The molecular formula is C13H21N3O2. The number of aryl methyl sites for hydroxylation is 1. The van der Waals surface area contributed by atoms with Crippen molar-refractivity contribution >= 4 is 11.5 Å². The SMILES string of the molecule is Cc1ccnc(N(C)CC2(O)CCOCC2)c1N. The molecule has 2 heterocycles. The van der Waals surface area contributed by atoms with Crippen molar-refractivity contribution in [1.82, 2.24) is 4.98 Å². The molecule has 0 saturated carbocycles. The van der Waals surface area contributed by atoms with Crippen LogP contribution in [0.1, 0.15) is 18.4 Å². The third-order valence-electron chi connectivity index (χ3n) is 3.50. The van der Waals surface area contributed by atoms with Crippen molar-refractivity contribution in [2.45, 2.75) is 25.4 Å². The Kier molecular flexibility index (Phi) is 3.73. The van der Waals surface area contributed by atoms with E-state index in [1.54, 1.807) is 6.20 Å². The lowest BCUT2D eigenvalue weighted by atomic mass is 9.94. The van der Waals surface area contributed by atoms with Gasteiger partial charge in [0.25, 0.3) is 0 Å². The number of aliphatic hydroxyl groups is 1. The lowest BCUT2D eigenvalue weighted by molar-refractivity contribution is -0.0573. The third kappa shape index (κ3) is 2.73. The van der Waals surface area contributed by atoms with E-state index in [1.165, 1.54) is 0 Å². The van der Waals surface area contributed by atoms with Gasteiger partial charge in [0.15, 0.2) is 5.82 Å². The van der Waals surface area contributed by atoms with Gasteiger partial charge in [-0.2, -0.15) is 0 Å². The summed E-state index contributed by atoms with van der Waals surface area (Å²) in [5, 5.41) is 10.5. The van der Waals surface area contributed by atoms with Gasteiger partial charge in [-0.3, -0.25) is 0 Å². The lowest BCUT2D eigenvalue weighted by Gasteiger charge is -2.36. The van der Waals surface area contributed by atoms with Crippen LogP contribution in [0.4, 0.5) is 11.5 Å². The normalized spacial score (nSPS) is 18.6. The number of nitrogen functional groups attached to an aromatic ring is 1. The van der Waals surface area contributed by atoms with Gasteiger partial charge in [-0.25, -0.2) is 4.98 Å². The van der Waals surface area contributed by atoms with Gasteiger partial charge in [0.1, 0.15) is 0 Å². The molecule has 18 heavy (non-hydrogen) atoms. The van der Waals surface area contributed by atoms with E-state index in [-0.39, 0.29) is 0 Å². The van der Waals surface area contributed by atoms with E-state index < -0.39 is 5.60 Å². The second-order valence-corrected chi connectivity index (χ2v) is 5.06. The number of hydrogen-bond donors (Lipinski definition) is 2. The second kappa shape index (κ2) is 5.12. The third-order valence-corrected chi connectivity index (χ3v) is 3.50. The zero-order chi connectivity index (χ0) is 13.2. The van der Waals surface area contributed by atoms with Crippen LogP contribution < -0.4 is 10.6 Å². The molecule has 1 aliphatic rings. The molecule has 100 valence electrons. The van der Waals surface area contributed by atoms with Crippen LogP contribution in [-0.2, 0) is 4.74 Å². The molecular weight excluding hydrogens is 230 g/mol. The number of anilines is 2.